The molecular weight excluding hydrogens is 304 g/mol. The third-order valence-electron chi connectivity index (χ3n) is 4.67. The maximum Gasteiger partial charge on any atom is 0.119 e. The van der Waals surface area contributed by atoms with Gasteiger partial charge in [-0.2, -0.15) is 0 Å². The first-order valence-corrected chi connectivity index (χ1v) is 8.95. The van der Waals surface area contributed by atoms with Gasteiger partial charge in [-0.25, -0.2) is 0 Å². The molecule has 2 atom stereocenters. The predicted molar refractivity (Wildman–Crippen MR) is 96.6 cm³/mol. The normalized spacial score (nSPS) is 20.9. The summed E-state index contributed by atoms with van der Waals surface area (Å²) in [5.41, 5.74) is 1.21. The van der Waals surface area contributed by atoms with Crippen LogP contribution in [0.15, 0.2) is 24.3 Å². The molecule has 1 heterocycles. The topological polar surface area (TPSA) is 45.2 Å². The summed E-state index contributed by atoms with van der Waals surface area (Å²) in [4.78, 5) is 4.84. The maximum absolute atomic E-state index is 10.3. The summed E-state index contributed by atoms with van der Waals surface area (Å²) >= 11 is 0. The second kappa shape index (κ2) is 9.99. The minimum absolute atomic E-state index is 0.337. The molecule has 0 bridgehead atoms. The lowest BCUT2D eigenvalue weighted by atomic mass is 10.1. The van der Waals surface area contributed by atoms with Crippen LogP contribution in [0.4, 0.5) is 0 Å². The molecule has 2 rings (SSSR count). The quantitative estimate of drug-likeness (QED) is 0.745. The number of hydrogen-bond acceptors (Lipinski definition) is 5. The Balaban J connectivity index is 1.73. The predicted octanol–water partition coefficient (Wildman–Crippen LogP) is 1.78. The second-order valence-electron chi connectivity index (χ2n) is 6.63. The average molecular weight is 336 g/mol. The van der Waals surface area contributed by atoms with Gasteiger partial charge in [0.15, 0.2) is 0 Å². The Labute approximate surface area is 146 Å². The van der Waals surface area contributed by atoms with Crippen molar-refractivity contribution >= 4 is 0 Å². The van der Waals surface area contributed by atoms with E-state index in [2.05, 4.69) is 23.6 Å². The molecule has 1 aliphatic rings. The Hall–Kier alpha value is -1.14. The Morgan fingerprint density at radius 2 is 2.00 bits per heavy atom. The van der Waals surface area contributed by atoms with Crippen molar-refractivity contribution in [2.75, 3.05) is 53.0 Å². The fraction of sp³-hybridized carbons (Fsp3) is 0.684. The number of β-amino-alcohol motifs (C(OH)–C–C–N with tert-alkyl or cyclic N) is 1. The molecule has 5 nitrogen and oxygen atoms in total. The van der Waals surface area contributed by atoms with E-state index in [1.807, 2.05) is 24.3 Å². The van der Waals surface area contributed by atoms with Gasteiger partial charge in [0.2, 0.25) is 0 Å². The van der Waals surface area contributed by atoms with Crippen LogP contribution in [-0.4, -0.2) is 80.1 Å². The summed E-state index contributed by atoms with van der Waals surface area (Å²) < 4.78 is 10.9. The molecule has 0 amide bonds. The zero-order chi connectivity index (χ0) is 17.4. The fourth-order valence-corrected chi connectivity index (χ4v) is 3.19. The lowest BCUT2D eigenvalue weighted by Gasteiger charge is -2.41. The number of hydrogen-bond donors (Lipinski definition) is 1. The first-order chi connectivity index (χ1) is 11.6. The largest absolute Gasteiger partial charge is 0.491 e. The Kier molecular flexibility index (Phi) is 7.99. The van der Waals surface area contributed by atoms with Crippen LogP contribution >= 0.6 is 0 Å². The van der Waals surface area contributed by atoms with Crippen LogP contribution in [0, 0.1) is 6.92 Å². The molecule has 1 aromatic rings. The molecular formula is C19H32N2O3. The smallest absolute Gasteiger partial charge is 0.119 e. The third kappa shape index (κ3) is 6.06. The number of aliphatic hydroxyl groups is 1. The van der Waals surface area contributed by atoms with Gasteiger partial charge in [-0.05, 0) is 25.5 Å². The van der Waals surface area contributed by atoms with Gasteiger partial charge in [0.05, 0.1) is 6.61 Å². The van der Waals surface area contributed by atoms with Crippen LogP contribution in [0.2, 0.25) is 0 Å². The Morgan fingerprint density at radius 1 is 1.25 bits per heavy atom. The third-order valence-corrected chi connectivity index (χ3v) is 4.67. The fourth-order valence-electron chi connectivity index (χ4n) is 3.19. The van der Waals surface area contributed by atoms with Crippen molar-refractivity contribution in [1.82, 2.24) is 9.80 Å². The monoisotopic (exact) mass is 336 g/mol. The zero-order valence-corrected chi connectivity index (χ0v) is 15.3. The van der Waals surface area contributed by atoms with Gasteiger partial charge in [-0.3, -0.25) is 9.80 Å². The number of piperazine rings is 1. The summed E-state index contributed by atoms with van der Waals surface area (Å²) in [5, 5.41) is 10.3. The summed E-state index contributed by atoms with van der Waals surface area (Å²) in [7, 11) is 1.75. The molecule has 1 aliphatic heterocycles. The number of ether oxygens (including phenoxy) is 2. The molecule has 1 saturated heterocycles. The molecule has 1 fully saturated rings. The standard InChI is InChI=1S/C19H32N2O3/c1-4-17-13-20(9-10-21(17)11-12-23-3)14-18(22)15-24-19-7-5-16(2)6-8-19/h5-8,17-18,22H,4,9-15H2,1-3H3/t17-,18+/m1/s1. The van der Waals surface area contributed by atoms with Crippen LogP contribution in [-0.2, 0) is 4.74 Å². The molecule has 1 aromatic carbocycles. The Bertz CT molecular complexity index is 466. The van der Waals surface area contributed by atoms with Crippen molar-refractivity contribution in [2.24, 2.45) is 0 Å². The van der Waals surface area contributed by atoms with Gasteiger partial charge in [0, 0.05) is 45.9 Å². The number of aliphatic hydroxyl groups excluding tert-OH is 1. The highest BCUT2D eigenvalue weighted by molar-refractivity contribution is 5.26. The first kappa shape index (κ1) is 19.2. The van der Waals surface area contributed by atoms with Gasteiger partial charge in [0.25, 0.3) is 0 Å². The molecule has 5 heteroatoms. The van der Waals surface area contributed by atoms with Crippen LogP contribution < -0.4 is 4.74 Å². The van der Waals surface area contributed by atoms with Crippen molar-refractivity contribution < 1.29 is 14.6 Å². The lowest BCUT2D eigenvalue weighted by molar-refractivity contribution is 0.0148. The van der Waals surface area contributed by atoms with Gasteiger partial charge < -0.3 is 14.6 Å². The van der Waals surface area contributed by atoms with Gasteiger partial charge in [-0.1, -0.05) is 24.6 Å². The van der Waals surface area contributed by atoms with Gasteiger partial charge in [0.1, 0.15) is 18.5 Å². The Morgan fingerprint density at radius 3 is 2.67 bits per heavy atom. The van der Waals surface area contributed by atoms with Crippen LogP contribution in [0.5, 0.6) is 5.75 Å². The lowest BCUT2D eigenvalue weighted by Crippen LogP contribution is -2.55. The summed E-state index contributed by atoms with van der Waals surface area (Å²) in [6.45, 7) is 10.1. The van der Waals surface area contributed by atoms with Crippen LogP contribution in [0.25, 0.3) is 0 Å². The summed E-state index contributed by atoms with van der Waals surface area (Å²) in [6.07, 6.45) is 0.658. The number of nitrogens with zero attached hydrogens (tertiary/aromatic N) is 2. The molecule has 136 valence electrons. The number of methoxy groups -OCH3 is 1. The molecule has 0 saturated carbocycles. The van der Waals surface area contributed by atoms with E-state index >= 15 is 0 Å². The highest BCUT2D eigenvalue weighted by atomic mass is 16.5. The SMILES string of the molecule is CC[C@@H]1CN(C[C@H](O)COc2ccc(C)cc2)CCN1CCOC. The molecule has 0 aromatic heterocycles. The van der Waals surface area contributed by atoms with Crippen molar-refractivity contribution in [1.29, 1.82) is 0 Å². The van der Waals surface area contributed by atoms with Crippen LogP contribution in [0.1, 0.15) is 18.9 Å². The first-order valence-electron chi connectivity index (χ1n) is 8.95. The van der Waals surface area contributed by atoms with Crippen molar-refractivity contribution in [3.8, 4) is 5.75 Å². The van der Waals surface area contributed by atoms with E-state index in [0.29, 0.717) is 19.2 Å². The maximum atomic E-state index is 10.3. The number of benzene rings is 1. The van der Waals surface area contributed by atoms with E-state index in [4.69, 9.17) is 9.47 Å². The van der Waals surface area contributed by atoms with E-state index in [-0.39, 0.29) is 0 Å². The van der Waals surface area contributed by atoms with Gasteiger partial charge in [-0.15, -0.1) is 0 Å². The molecule has 24 heavy (non-hydrogen) atoms. The van der Waals surface area contributed by atoms with E-state index in [1.165, 1.54) is 5.56 Å². The van der Waals surface area contributed by atoms with Crippen molar-refractivity contribution in [2.45, 2.75) is 32.4 Å². The average Bonchev–Trinajstić information content (AvgIpc) is 2.60. The highest BCUT2D eigenvalue weighted by Crippen LogP contribution is 2.14. The van der Waals surface area contributed by atoms with Crippen molar-refractivity contribution in [3.05, 3.63) is 29.8 Å². The molecule has 0 spiro atoms. The zero-order valence-electron chi connectivity index (χ0n) is 15.3. The van der Waals surface area contributed by atoms with E-state index in [0.717, 1.165) is 45.0 Å². The molecule has 1 N–H and O–H groups in total. The molecule has 0 radical (unpaired) electrons. The molecule has 0 aliphatic carbocycles. The van der Waals surface area contributed by atoms with Crippen LogP contribution in [0.3, 0.4) is 0 Å². The highest BCUT2D eigenvalue weighted by Gasteiger charge is 2.26. The van der Waals surface area contributed by atoms with Gasteiger partial charge >= 0.3 is 0 Å². The number of aryl methyl sites for hydroxylation is 1. The number of rotatable bonds is 9. The van der Waals surface area contributed by atoms with E-state index < -0.39 is 6.10 Å². The van der Waals surface area contributed by atoms with E-state index in [9.17, 15) is 5.11 Å². The molecule has 0 unspecified atom stereocenters. The summed E-state index contributed by atoms with van der Waals surface area (Å²) in [6, 6.07) is 8.48. The summed E-state index contributed by atoms with van der Waals surface area (Å²) in [5.74, 6) is 0.815. The van der Waals surface area contributed by atoms with Crippen molar-refractivity contribution in [3.63, 3.8) is 0 Å². The van der Waals surface area contributed by atoms with E-state index in [1.54, 1.807) is 7.11 Å². The minimum Gasteiger partial charge on any atom is -0.491 e. The minimum atomic E-state index is -0.464. The second-order valence-corrected chi connectivity index (χ2v) is 6.63.